The van der Waals surface area contributed by atoms with Crippen LogP contribution in [-0.4, -0.2) is 49.4 Å². The largest absolute Gasteiger partial charge is 0.508 e. The molecule has 5 heteroatoms. The summed E-state index contributed by atoms with van der Waals surface area (Å²) < 4.78 is 18.6. The van der Waals surface area contributed by atoms with Gasteiger partial charge in [-0.1, -0.05) is 0 Å². The minimum Gasteiger partial charge on any atom is -0.508 e. The molecule has 2 unspecified atom stereocenters. The number of hydrogen-bond acceptors (Lipinski definition) is 4. The van der Waals surface area contributed by atoms with Crippen LogP contribution in [0.3, 0.4) is 0 Å². The van der Waals surface area contributed by atoms with Crippen LogP contribution < -0.4 is 5.32 Å². The highest BCUT2D eigenvalue weighted by Crippen LogP contribution is 2.29. The first-order valence-electron chi connectivity index (χ1n) is 7.56. The molecule has 1 aromatic rings. The van der Waals surface area contributed by atoms with Crippen LogP contribution >= 0.6 is 0 Å². The molecule has 0 aromatic heterocycles. The second-order valence-electron chi connectivity index (χ2n) is 5.66. The molecule has 4 nitrogen and oxygen atoms in total. The van der Waals surface area contributed by atoms with Gasteiger partial charge in [-0.15, -0.1) is 0 Å². The number of rotatable bonds is 7. The molecule has 1 aromatic carbocycles. The van der Waals surface area contributed by atoms with E-state index < -0.39 is 0 Å². The summed E-state index contributed by atoms with van der Waals surface area (Å²) >= 11 is 0. The maximum atomic E-state index is 13.5. The summed E-state index contributed by atoms with van der Waals surface area (Å²) in [6.45, 7) is 5.31. The van der Waals surface area contributed by atoms with Crippen LogP contribution in [-0.2, 0) is 4.74 Å². The Hall–Kier alpha value is -1.17. The van der Waals surface area contributed by atoms with E-state index in [1.54, 1.807) is 7.11 Å². The molecule has 0 bridgehead atoms. The van der Waals surface area contributed by atoms with E-state index in [0.717, 1.165) is 26.1 Å². The van der Waals surface area contributed by atoms with Crippen LogP contribution in [0.4, 0.5) is 4.39 Å². The highest BCUT2D eigenvalue weighted by atomic mass is 19.1. The van der Waals surface area contributed by atoms with E-state index in [0.29, 0.717) is 18.2 Å². The van der Waals surface area contributed by atoms with Gasteiger partial charge in [0.05, 0.1) is 6.61 Å². The van der Waals surface area contributed by atoms with Crippen molar-refractivity contribution in [3.8, 4) is 5.75 Å². The number of nitrogens with one attached hydrogen (secondary N) is 1. The van der Waals surface area contributed by atoms with E-state index in [1.165, 1.54) is 24.6 Å². The number of halogens is 1. The number of nitrogens with zero attached hydrogens (tertiary/aromatic N) is 1. The average Bonchev–Trinajstić information content (AvgIpc) is 2.98. The molecule has 0 aliphatic carbocycles. The number of methoxy groups -OCH3 is 1. The number of phenolic OH excluding ortho intramolecular Hbond substituents is 1. The smallest absolute Gasteiger partial charge is 0.123 e. The van der Waals surface area contributed by atoms with Crippen molar-refractivity contribution in [3.63, 3.8) is 0 Å². The SMILES string of the molecule is COCCN(CC1CCCN1)C(C)c1cc(F)ccc1O. The zero-order valence-electron chi connectivity index (χ0n) is 12.8. The van der Waals surface area contributed by atoms with Gasteiger partial charge in [0.1, 0.15) is 11.6 Å². The maximum absolute atomic E-state index is 13.5. The molecule has 0 amide bonds. The van der Waals surface area contributed by atoms with Gasteiger partial charge in [0.2, 0.25) is 0 Å². The van der Waals surface area contributed by atoms with Crippen molar-refractivity contribution in [1.82, 2.24) is 10.2 Å². The van der Waals surface area contributed by atoms with E-state index in [1.807, 2.05) is 6.92 Å². The van der Waals surface area contributed by atoms with Gasteiger partial charge in [-0.2, -0.15) is 0 Å². The minimum absolute atomic E-state index is 0.0572. The second-order valence-corrected chi connectivity index (χ2v) is 5.66. The Morgan fingerprint density at radius 1 is 1.52 bits per heavy atom. The molecule has 118 valence electrons. The van der Waals surface area contributed by atoms with E-state index in [9.17, 15) is 9.50 Å². The van der Waals surface area contributed by atoms with Gasteiger partial charge in [-0.25, -0.2) is 4.39 Å². The monoisotopic (exact) mass is 296 g/mol. The van der Waals surface area contributed by atoms with E-state index in [-0.39, 0.29) is 17.6 Å². The molecule has 2 N–H and O–H groups in total. The predicted molar refractivity (Wildman–Crippen MR) is 81.0 cm³/mol. The van der Waals surface area contributed by atoms with Crippen molar-refractivity contribution < 1.29 is 14.2 Å². The fraction of sp³-hybridized carbons (Fsp3) is 0.625. The molecule has 21 heavy (non-hydrogen) atoms. The number of hydrogen-bond donors (Lipinski definition) is 2. The zero-order chi connectivity index (χ0) is 15.2. The topological polar surface area (TPSA) is 44.7 Å². The second kappa shape index (κ2) is 7.73. The first-order valence-corrected chi connectivity index (χ1v) is 7.56. The lowest BCUT2D eigenvalue weighted by atomic mass is 10.0. The van der Waals surface area contributed by atoms with Crippen LogP contribution in [0.1, 0.15) is 31.4 Å². The third-order valence-electron chi connectivity index (χ3n) is 4.19. The highest BCUT2D eigenvalue weighted by molar-refractivity contribution is 5.35. The Balaban J connectivity index is 2.11. The van der Waals surface area contributed by atoms with Crippen molar-refractivity contribution in [2.75, 3.05) is 33.4 Å². The molecule has 1 heterocycles. The third kappa shape index (κ3) is 4.40. The van der Waals surface area contributed by atoms with Crippen molar-refractivity contribution in [1.29, 1.82) is 0 Å². The van der Waals surface area contributed by atoms with Crippen molar-refractivity contribution in [2.24, 2.45) is 0 Å². The van der Waals surface area contributed by atoms with Crippen LogP contribution in [0.25, 0.3) is 0 Å². The molecule has 1 aliphatic heterocycles. The van der Waals surface area contributed by atoms with Crippen molar-refractivity contribution >= 4 is 0 Å². The zero-order valence-corrected chi connectivity index (χ0v) is 12.8. The third-order valence-corrected chi connectivity index (χ3v) is 4.19. The lowest BCUT2D eigenvalue weighted by Gasteiger charge is -2.32. The van der Waals surface area contributed by atoms with Gasteiger partial charge in [0, 0.05) is 37.8 Å². The van der Waals surface area contributed by atoms with Gasteiger partial charge < -0.3 is 15.2 Å². The van der Waals surface area contributed by atoms with Crippen LogP contribution in [0.5, 0.6) is 5.75 Å². The number of aromatic hydroxyl groups is 1. The van der Waals surface area contributed by atoms with E-state index >= 15 is 0 Å². The lowest BCUT2D eigenvalue weighted by molar-refractivity contribution is 0.117. The normalized spacial score (nSPS) is 20.1. The molecule has 1 aliphatic rings. The van der Waals surface area contributed by atoms with Gasteiger partial charge in [-0.3, -0.25) is 4.90 Å². The Morgan fingerprint density at radius 2 is 2.33 bits per heavy atom. The lowest BCUT2D eigenvalue weighted by Crippen LogP contribution is -2.40. The first-order chi connectivity index (χ1) is 10.1. The highest BCUT2D eigenvalue weighted by Gasteiger charge is 2.24. The van der Waals surface area contributed by atoms with Crippen LogP contribution in [0, 0.1) is 5.82 Å². The molecule has 0 saturated carbocycles. The Kier molecular flexibility index (Phi) is 5.96. The summed E-state index contributed by atoms with van der Waals surface area (Å²) in [5, 5.41) is 13.5. The predicted octanol–water partition coefficient (Wildman–Crippen LogP) is 2.29. The van der Waals surface area contributed by atoms with E-state index in [4.69, 9.17) is 4.74 Å². The first kappa shape index (κ1) is 16.2. The number of phenols is 1. The van der Waals surface area contributed by atoms with Gasteiger partial charge in [0.15, 0.2) is 0 Å². The number of ether oxygens (including phenoxy) is 1. The standard InChI is InChI=1S/C16H25FN2O2/c1-12(15-10-13(17)5-6-16(15)20)19(8-9-21-2)11-14-4-3-7-18-14/h5-6,10,12,14,18,20H,3-4,7-9,11H2,1-2H3. The summed E-state index contributed by atoms with van der Waals surface area (Å²) in [5.41, 5.74) is 0.629. The summed E-state index contributed by atoms with van der Waals surface area (Å²) in [6.07, 6.45) is 2.35. The van der Waals surface area contributed by atoms with Crippen LogP contribution in [0.2, 0.25) is 0 Å². The molecule has 2 atom stereocenters. The Morgan fingerprint density at radius 3 is 3.00 bits per heavy atom. The van der Waals surface area contributed by atoms with Crippen molar-refractivity contribution in [3.05, 3.63) is 29.6 Å². The van der Waals surface area contributed by atoms with Crippen molar-refractivity contribution in [2.45, 2.75) is 31.8 Å². The van der Waals surface area contributed by atoms with Gasteiger partial charge >= 0.3 is 0 Å². The van der Waals surface area contributed by atoms with Gasteiger partial charge in [-0.05, 0) is 44.5 Å². The average molecular weight is 296 g/mol. The fourth-order valence-electron chi connectivity index (χ4n) is 2.90. The summed E-state index contributed by atoms with van der Waals surface area (Å²) in [4.78, 5) is 2.24. The van der Waals surface area contributed by atoms with E-state index in [2.05, 4.69) is 10.2 Å². The summed E-state index contributed by atoms with van der Waals surface area (Å²) in [7, 11) is 1.68. The molecular weight excluding hydrogens is 271 g/mol. The fourth-order valence-corrected chi connectivity index (χ4v) is 2.90. The van der Waals surface area contributed by atoms with Gasteiger partial charge in [0.25, 0.3) is 0 Å². The summed E-state index contributed by atoms with van der Waals surface area (Å²) in [6, 6.07) is 4.52. The molecule has 0 radical (unpaired) electrons. The molecule has 1 saturated heterocycles. The molecule has 1 fully saturated rings. The minimum atomic E-state index is -0.319. The molecule has 2 rings (SSSR count). The number of benzene rings is 1. The van der Waals surface area contributed by atoms with Crippen LogP contribution in [0.15, 0.2) is 18.2 Å². The molecule has 0 spiro atoms. The Labute approximate surface area is 125 Å². The maximum Gasteiger partial charge on any atom is 0.123 e. The molecular formula is C16H25FN2O2. The summed E-state index contributed by atoms with van der Waals surface area (Å²) in [5.74, 6) is -0.175. The Bertz CT molecular complexity index is 450. The quantitative estimate of drug-likeness (QED) is 0.810.